The van der Waals surface area contributed by atoms with Gasteiger partial charge in [0.05, 0.1) is 6.10 Å². The molecular formula is C20H38O. The van der Waals surface area contributed by atoms with Crippen molar-refractivity contribution in [3.63, 3.8) is 0 Å². The molecule has 2 aliphatic carbocycles. The summed E-state index contributed by atoms with van der Waals surface area (Å²) >= 11 is 0. The Kier molecular flexibility index (Phi) is 5.45. The zero-order chi connectivity index (χ0) is 15.8. The van der Waals surface area contributed by atoms with Crippen LogP contribution in [0.5, 0.6) is 0 Å². The summed E-state index contributed by atoms with van der Waals surface area (Å²) in [6, 6.07) is 0. The maximum Gasteiger partial charge on any atom is 0.0604 e. The first kappa shape index (κ1) is 17.3. The van der Waals surface area contributed by atoms with Crippen LogP contribution < -0.4 is 0 Å². The fraction of sp³-hybridized carbons (Fsp3) is 1.00. The summed E-state index contributed by atoms with van der Waals surface area (Å²) in [6.45, 7) is 14.0. The molecule has 124 valence electrons. The predicted molar refractivity (Wildman–Crippen MR) is 91.1 cm³/mol. The second kappa shape index (κ2) is 6.60. The molecule has 4 unspecified atom stereocenters. The number of aliphatic hydroxyl groups is 1. The third-order valence-corrected chi connectivity index (χ3v) is 6.68. The van der Waals surface area contributed by atoms with Crippen molar-refractivity contribution in [2.45, 2.75) is 86.2 Å². The van der Waals surface area contributed by atoms with Crippen LogP contribution in [-0.4, -0.2) is 11.2 Å². The van der Waals surface area contributed by atoms with E-state index in [0.29, 0.717) is 17.8 Å². The minimum absolute atomic E-state index is 0.0937. The van der Waals surface area contributed by atoms with E-state index < -0.39 is 0 Å². The Morgan fingerprint density at radius 3 is 1.95 bits per heavy atom. The van der Waals surface area contributed by atoms with Crippen molar-refractivity contribution in [1.29, 1.82) is 0 Å². The van der Waals surface area contributed by atoms with Gasteiger partial charge in [0.2, 0.25) is 0 Å². The van der Waals surface area contributed by atoms with Gasteiger partial charge in [0.1, 0.15) is 0 Å². The molecule has 2 fully saturated rings. The van der Waals surface area contributed by atoms with Gasteiger partial charge in [-0.15, -0.1) is 0 Å². The topological polar surface area (TPSA) is 20.2 Å². The molecule has 2 saturated carbocycles. The van der Waals surface area contributed by atoms with Crippen molar-refractivity contribution in [2.75, 3.05) is 0 Å². The SMILES string of the molecule is CC1CCC(C2CC(C(C)C)C(O)C(C(C)(C)C)C2)CC1. The highest BCUT2D eigenvalue weighted by Gasteiger charge is 2.45. The van der Waals surface area contributed by atoms with E-state index in [2.05, 4.69) is 41.5 Å². The summed E-state index contributed by atoms with van der Waals surface area (Å²) < 4.78 is 0. The van der Waals surface area contributed by atoms with E-state index in [4.69, 9.17) is 0 Å². The molecule has 1 heteroatoms. The third-order valence-electron chi connectivity index (χ3n) is 6.68. The molecule has 2 aliphatic rings. The van der Waals surface area contributed by atoms with Crippen molar-refractivity contribution < 1.29 is 5.11 Å². The molecule has 0 saturated heterocycles. The summed E-state index contributed by atoms with van der Waals surface area (Å²) in [5, 5.41) is 10.9. The van der Waals surface area contributed by atoms with Crippen LogP contribution in [0.2, 0.25) is 0 Å². The normalized spacial score (nSPS) is 42.3. The molecule has 0 aromatic rings. The molecule has 0 spiro atoms. The fourth-order valence-corrected chi connectivity index (χ4v) is 5.02. The lowest BCUT2D eigenvalue weighted by Gasteiger charge is -2.49. The summed E-state index contributed by atoms with van der Waals surface area (Å²) in [6.07, 6.45) is 8.15. The molecule has 0 radical (unpaired) electrons. The van der Waals surface area contributed by atoms with Gasteiger partial charge in [0, 0.05) is 0 Å². The van der Waals surface area contributed by atoms with E-state index in [0.717, 1.165) is 17.8 Å². The molecule has 0 aromatic heterocycles. The minimum atomic E-state index is -0.0937. The van der Waals surface area contributed by atoms with Crippen LogP contribution in [-0.2, 0) is 0 Å². The molecule has 0 heterocycles. The third kappa shape index (κ3) is 4.03. The lowest BCUT2D eigenvalue weighted by atomic mass is 9.58. The van der Waals surface area contributed by atoms with Gasteiger partial charge in [-0.05, 0) is 66.6 Å². The highest BCUT2D eigenvalue weighted by Crippen LogP contribution is 2.49. The number of hydrogen-bond donors (Lipinski definition) is 1. The smallest absolute Gasteiger partial charge is 0.0604 e. The van der Waals surface area contributed by atoms with Crippen molar-refractivity contribution >= 4 is 0 Å². The molecule has 1 nitrogen and oxygen atoms in total. The first-order valence-electron chi connectivity index (χ1n) is 9.38. The van der Waals surface area contributed by atoms with Gasteiger partial charge in [-0.1, -0.05) is 54.4 Å². The lowest BCUT2D eigenvalue weighted by molar-refractivity contribution is -0.0759. The molecular weight excluding hydrogens is 256 g/mol. The van der Waals surface area contributed by atoms with Crippen molar-refractivity contribution in [1.82, 2.24) is 0 Å². The van der Waals surface area contributed by atoms with Crippen LogP contribution in [0.15, 0.2) is 0 Å². The molecule has 0 aromatic carbocycles. The summed E-state index contributed by atoms with van der Waals surface area (Å²) in [5.41, 5.74) is 0.229. The van der Waals surface area contributed by atoms with Gasteiger partial charge >= 0.3 is 0 Å². The van der Waals surface area contributed by atoms with Crippen LogP contribution in [0.4, 0.5) is 0 Å². The summed E-state index contributed by atoms with van der Waals surface area (Å²) in [4.78, 5) is 0. The Hall–Kier alpha value is -0.0400. The molecule has 2 rings (SSSR count). The zero-order valence-electron chi connectivity index (χ0n) is 15.2. The zero-order valence-corrected chi connectivity index (χ0v) is 15.2. The monoisotopic (exact) mass is 294 g/mol. The second-order valence-electron chi connectivity index (χ2n) is 9.62. The average Bonchev–Trinajstić information content (AvgIpc) is 2.38. The lowest BCUT2D eigenvalue weighted by Crippen LogP contribution is -2.46. The maximum atomic E-state index is 10.9. The number of hydrogen-bond acceptors (Lipinski definition) is 1. The van der Waals surface area contributed by atoms with E-state index >= 15 is 0 Å². The van der Waals surface area contributed by atoms with Gasteiger partial charge in [-0.3, -0.25) is 0 Å². The standard InChI is InChI=1S/C20H38O/c1-13(2)17-11-16(15-9-7-14(3)8-10-15)12-18(19(17)21)20(4,5)6/h13-19,21H,7-12H2,1-6H3. The van der Waals surface area contributed by atoms with Crippen molar-refractivity contribution in [3.8, 4) is 0 Å². The predicted octanol–water partition coefficient (Wildman–Crippen LogP) is 5.52. The van der Waals surface area contributed by atoms with E-state index in [9.17, 15) is 5.11 Å². The largest absolute Gasteiger partial charge is 0.393 e. The van der Waals surface area contributed by atoms with Gasteiger partial charge in [-0.2, -0.15) is 0 Å². The van der Waals surface area contributed by atoms with E-state index in [1.807, 2.05) is 0 Å². The Morgan fingerprint density at radius 2 is 1.48 bits per heavy atom. The van der Waals surface area contributed by atoms with Crippen molar-refractivity contribution in [2.24, 2.45) is 40.9 Å². The first-order valence-corrected chi connectivity index (χ1v) is 9.38. The highest BCUT2D eigenvalue weighted by atomic mass is 16.3. The van der Waals surface area contributed by atoms with Gasteiger partial charge in [0.15, 0.2) is 0 Å². The maximum absolute atomic E-state index is 10.9. The minimum Gasteiger partial charge on any atom is -0.393 e. The van der Waals surface area contributed by atoms with Crippen molar-refractivity contribution in [3.05, 3.63) is 0 Å². The van der Waals surface area contributed by atoms with Gasteiger partial charge in [0.25, 0.3) is 0 Å². The molecule has 0 aliphatic heterocycles. The van der Waals surface area contributed by atoms with E-state index in [-0.39, 0.29) is 11.5 Å². The van der Waals surface area contributed by atoms with Crippen LogP contribution in [0, 0.1) is 40.9 Å². The van der Waals surface area contributed by atoms with Crippen LogP contribution in [0.25, 0.3) is 0 Å². The molecule has 0 amide bonds. The number of aliphatic hydroxyl groups excluding tert-OH is 1. The number of rotatable bonds is 2. The quantitative estimate of drug-likeness (QED) is 0.711. The Bertz CT molecular complexity index is 319. The van der Waals surface area contributed by atoms with E-state index in [1.54, 1.807) is 0 Å². The van der Waals surface area contributed by atoms with E-state index in [1.165, 1.54) is 38.5 Å². The van der Waals surface area contributed by atoms with Gasteiger partial charge < -0.3 is 5.11 Å². The summed E-state index contributed by atoms with van der Waals surface area (Å²) in [7, 11) is 0. The molecule has 4 atom stereocenters. The van der Waals surface area contributed by atoms with Gasteiger partial charge in [-0.25, -0.2) is 0 Å². The van der Waals surface area contributed by atoms with Crippen LogP contribution in [0.1, 0.15) is 80.1 Å². The second-order valence-corrected chi connectivity index (χ2v) is 9.62. The molecule has 1 N–H and O–H groups in total. The average molecular weight is 295 g/mol. The van der Waals surface area contributed by atoms with Crippen LogP contribution >= 0.6 is 0 Å². The first-order chi connectivity index (χ1) is 9.70. The Labute approximate surface area is 132 Å². The molecule has 0 bridgehead atoms. The van der Waals surface area contributed by atoms with Crippen LogP contribution in [0.3, 0.4) is 0 Å². The fourth-order valence-electron chi connectivity index (χ4n) is 5.02. The molecule has 21 heavy (non-hydrogen) atoms. The highest BCUT2D eigenvalue weighted by molar-refractivity contribution is 4.94. The summed E-state index contributed by atoms with van der Waals surface area (Å²) in [5.74, 6) is 4.32. The Balaban J connectivity index is 2.11. The Morgan fingerprint density at radius 1 is 0.905 bits per heavy atom.